The number of rotatable bonds is 8. The van der Waals surface area contributed by atoms with Gasteiger partial charge in [-0.2, -0.15) is 0 Å². The number of carbonyl (C=O) groups is 5. The quantitative estimate of drug-likeness (QED) is 0.198. The topological polar surface area (TPSA) is 177 Å². The molecule has 34 heavy (non-hydrogen) atoms. The number of allylic oxidation sites excluding steroid dienone is 1. The third-order valence-corrected chi connectivity index (χ3v) is 5.48. The van der Waals surface area contributed by atoms with Crippen LogP contribution in [0.15, 0.2) is 35.9 Å². The molecule has 0 saturated carbocycles. The Balaban J connectivity index is 1.65. The van der Waals surface area contributed by atoms with Gasteiger partial charge >= 0.3 is 5.97 Å². The Morgan fingerprint density at radius 3 is 2.53 bits per heavy atom. The van der Waals surface area contributed by atoms with Crippen molar-refractivity contribution in [3.8, 4) is 5.75 Å². The molecule has 182 valence electrons. The summed E-state index contributed by atoms with van der Waals surface area (Å²) in [5.74, 6) is -3.68. The number of hydrogen-bond donors (Lipinski definition) is 4. The van der Waals surface area contributed by atoms with Gasteiger partial charge in [-0.15, -0.1) is 0 Å². The van der Waals surface area contributed by atoms with E-state index in [0.29, 0.717) is 16.9 Å². The predicted molar refractivity (Wildman–Crippen MR) is 116 cm³/mol. The third kappa shape index (κ3) is 6.10. The number of cyclic esters (lactones) is 1. The number of aliphatic hydroxyl groups is 1. The van der Waals surface area contributed by atoms with Gasteiger partial charge in [-0.1, -0.05) is 6.08 Å². The van der Waals surface area contributed by atoms with Crippen molar-refractivity contribution in [3.63, 3.8) is 0 Å². The lowest BCUT2D eigenvalue weighted by Crippen LogP contribution is -2.49. The van der Waals surface area contributed by atoms with Gasteiger partial charge in [-0.05, 0) is 36.3 Å². The number of nitrogens with zero attached hydrogens (tertiary/aromatic N) is 1. The Morgan fingerprint density at radius 2 is 1.94 bits per heavy atom. The molecule has 0 radical (unpaired) electrons. The zero-order valence-corrected chi connectivity index (χ0v) is 18.5. The monoisotopic (exact) mass is 474 g/mol. The summed E-state index contributed by atoms with van der Waals surface area (Å²) in [5.41, 5.74) is 6.38. The number of amides is 4. The van der Waals surface area contributed by atoms with E-state index in [4.69, 9.17) is 10.5 Å². The van der Waals surface area contributed by atoms with Gasteiger partial charge in [0.15, 0.2) is 0 Å². The average molecular weight is 474 g/mol. The number of benzene rings is 1. The number of carbonyl (C=O) groups excluding carboxylic acids is 5. The van der Waals surface area contributed by atoms with Gasteiger partial charge in [0.05, 0.1) is 20.1 Å². The second kappa shape index (κ2) is 10.8. The third-order valence-electron chi connectivity index (χ3n) is 5.48. The number of nitrogens with two attached hydrogens (primary N) is 1. The molecule has 5 N–H and O–H groups in total. The van der Waals surface area contributed by atoms with Gasteiger partial charge in [-0.25, -0.2) is 0 Å². The van der Waals surface area contributed by atoms with Gasteiger partial charge < -0.3 is 35.8 Å². The molecule has 2 aliphatic heterocycles. The van der Waals surface area contributed by atoms with E-state index in [1.54, 1.807) is 30.3 Å². The van der Waals surface area contributed by atoms with Gasteiger partial charge in [0.2, 0.25) is 24.0 Å². The average Bonchev–Trinajstić information content (AvgIpc) is 3.02. The number of methoxy groups -OCH3 is 1. The van der Waals surface area contributed by atoms with Gasteiger partial charge in [-0.3, -0.25) is 24.0 Å². The number of hydrogen-bond acceptors (Lipinski definition) is 8. The molecule has 3 unspecified atom stereocenters. The largest absolute Gasteiger partial charge is 0.497 e. The molecule has 1 saturated heterocycles. The minimum atomic E-state index is -1.47. The van der Waals surface area contributed by atoms with E-state index in [0.717, 1.165) is 4.90 Å². The zero-order chi connectivity index (χ0) is 24.8. The highest BCUT2D eigenvalue weighted by Crippen LogP contribution is 2.18. The van der Waals surface area contributed by atoms with Crippen molar-refractivity contribution >= 4 is 29.6 Å². The highest BCUT2D eigenvalue weighted by molar-refractivity contribution is 6.01. The summed E-state index contributed by atoms with van der Waals surface area (Å²) in [5, 5.41) is 14.8. The van der Waals surface area contributed by atoms with E-state index in [9.17, 15) is 29.1 Å². The van der Waals surface area contributed by atoms with Crippen molar-refractivity contribution in [3.05, 3.63) is 41.5 Å². The van der Waals surface area contributed by atoms with E-state index in [2.05, 4.69) is 15.4 Å². The molecule has 1 fully saturated rings. The van der Waals surface area contributed by atoms with Gasteiger partial charge in [0.1, 0.15) is 17.7 Å². The molecule has 12 heteroatoms. The Morgan fingerprint density at radius 1 is 1.24 bits per heavy atom. The van der Waals surface area contributed by atoms with Crippen LogP contribution in [-0.2, 0) is 23.9 Å². The maximum Gasteiger partial charge on any atom is 0.310 e. The molecular weight excluding hydrogens is 448 g/mol. The second-order valence-electron chi connectivity index (χ2n) is 7.92. The first-order valence-corrected chi connectivity index (χ1v) is 10.5. The molecule has 2 aliphatic rings. The van der Waals surface area contributed by atoms with Crippen molar-refractivity contribution in [2.75, 3.05) is 26.7 Å². The van der Waals surface area contributed by atoms with Crippen LogP contribution >= 0.6 is 0 Å². The molecule has 1 aromatic carbocycles. The minimum absolute atomic E-state index is 0.0262. The summed E-state index contributed by atoms with van der Waals surface area (Å²) >= 11 is 0. The summed E-state index contributed by atoms with van der Waals surface area (Å²) in [6, 6.07) is 5.56. The fourth-order valence-corrected chi connectivity index (χ4v) is 3.62. The molecule has 0 spiro atoms. The standard InChI is InChI=1S/C22H26N4O8/c1-33-14-5-3-13(4-6-14)20(30)24-9-12-2-7-15(19(23)29)21(31)26(10-12)11-17(27)25-16-8-18(28)34-22(16)32/h2-6,15-16,22,32H,7-11H2,1H3,(H2,23,29)(H,24,30)(H,25,27). The summed E-state index contributed by atoms with van der Waals surface area (Å²) in [4.78, 5) is 61.9. The lowest BCUT2D eigenvalue weighted by atomic mass is 10.0. The Hall–Kier alpha value is -3.93. The van der Waals surface area contributed by atoms with Crippen molar-refractivity contribution in [2.45, 2.75) is 25.2 Å². The summed E-state index contributed by atoms with van der Waals surface area (Å²) in [6.07, 6.45) is 0.00215. The summed E-state index contributed by atoms with van der Waals surface area (Å²) in [6.45, 7) is -0.392. The van der Waals surface area contributed by atoms with Crippen LogP contribution in [0.5, 0.6) is 5.75 Å². The molecule has 12 nitrogen and oxygen atoms in total. The fourth-order valence-electron chi connectivity index (χ4n) is 3.62. The molecule has 4 amide bonds. The highest BCUT2D eigenvalue weighted by Gasteiger charge is 2.36. The molecule has 3 atom stereocenters. The minimum Gasteiger partial charge on any atom is -0.497 e. The number of ether oxygens (including phenoxy) is 2. The SMILES string of the molecule is COc1ccc(C(=O)NCC2=CCC(C(N)=O)C(=O)N(CC(=O)NC3CC(=O)OC3O)C2)cc1. The Labute approximate surface area is 195 Å². The highest BCUT2D eigenvalue weighted by atomic mass is 16.6. The molecule has 2 heterocycles. The maximum absolute atomic E-state index is 12.8. The van der Waals surface area contributed by atoms with Gasteiger partial charge in [0.25, 0.3) is 5.91 Å². The first-order valence-electron chi connectivity index (χ1n) is 10.5. The van der Waals surface area contributed by atoms with Crippen LogP contribution in [0.1, 0.15) is 23.2 Å². The van der Waals surface area contributed by atoms with Crippen LogP contribution in [0.25, 0.3) is 0 Å². The Bertz CT molecular complexity index is 1010. The zero-order valence-electron chi connectivity index (χ0n) is 18.5. The van der Waals surface area contributed by atoms with Crippen LogP contribution in [0, 0.1) is 5.92 Å². The normalized spacial score (nSPS) is 22.4. The van der Waals surface area contributed by atoms with Crippen LogP contribution in [0.2, 0.25) is 0 Å². The number of primary amides is 1. The summed E-state index contributed by atoms with van der Waals surface area (Å²) in [7, 11) is 1.52. The van der Waals surface area contributed by atoms with Gasteiger partial charge in [0, 0.05) is 18.7 Å². The van der Waals surface area contributed by atoms with E-state index < -0.39 is 48.5 Å². The van der Waals surface area contributed by atoms with E-state index in [-0.39, 0.29) is 31.8 Å². The molecular formula is C22H26N4O8. The lowest BCUT2D eigenvalue weighted by molar-refractivity contribution is -0.155. The predicted octanol–water partition coefficient (Wildman–Crippen LogP) is -1.56. The number of nitrogens with one attached hydrogen (secondary N) is 2. The first-order chi connectivity index (χ1) is 16.2. The van der Waals surface area contributed by atoms with Crippen LogP contribution in [0.3, 0.4) is 0 Å². The molecule has 3 rings (SSSR count). The molecule has 0 aliphatic carbocycles. The summed E-state index contributed by atoms with van der Waals surface area (Å²) < 4.78 is 9.65. The fraction of sp³-hybridized carbons (Fsp3) is 0.409. The van der Waals surface area contributed by atoms with Crippen LogP contribution < -0.4 is 21.1 Å². The molecule has 0 aromatic heterocycles. The van der Waals surface area contributed by atoms with Crippen LogP contribution in [0.4, 0.5) is 0 Å². The second-order valence-corrected chi connectivity index (χ2v) is 7.92. The molecule has 0 bridgehead atoms. The van der Waals surface area contributed by atoms with E-state index >= 15 is 0 Å². The number of aliphatic hydroxyl groups excluding tert-OH is 1. The van der Waals surface area contributed by atoms with Crippen molar-refractivity contribution in [1.29, 1.82) is 0 Å². The maximum atomic E-state index is 12.8. The number of esters is 1. The first kappa shape index (κ1) is 24.7. The van der Waals surface area contributed by atoms with Crippen molar-refractivity contribution in [2.24, 2.45) is 11.7 Å². The smallest absolute Gasteiger partial charge is 0.310 e. The van der Waals surface area contributed by atoms with Crippen molar-refractivity contribution < 1.29 is 38.6 Å². The van der Waals surface area contributed by atoms with Crippen LogP contribution in [-0.4, -0.2) is 78.7 Å². The Kier molecular flexibility index (Phi) is 7.84. The van der Waals surface area contributed by atoms with E-state index in [1.807, 2.05) is 0 Å². The molecule has 1 aromatic rings. The van der Waals surface area contributed by atoms with E-state index in [1.165, 1.54) is 7.11 Å². The lowest BCUT2D eigenvalue weighted by Gasteiger charge is -2.25. The van der Waals surface area contributed by atoms with Crippen molar-refractivity contribution in [1.82, 2.24) is 15.5 Å².